The summed E-state index contributed by atoms with van der Waals surface area (Å²) in [6.07, 6.45) is 1.83. The van der Waals surface area contributed by atoms with E-state index in [1.54, 1.807) is 0 Å². The molecule has 0 aliphatic carbocycles. The van der Waals surface area contributed by atoms with Crippen LogP contribution >= 0.6 is 0 Å². The van der Waals surface area contributed by atoms with Crippen LogP contribution in [-0.2, 0) is 16.8 Å². The van der Waals surface area contributed by atoms with Crippen molar-refractivity contribution in [1.29, 1.82) is 0 Å². The van der Waals surface area contributed by atoms with E-state index in [0.717, 1.165) is 37.6 Å². The number of aromatic nitrogens is 1. The van der Waals surface area contributed by atoms with E-state index in [-0.39, 0.29) is 17.9 Å². The van der Waals surface area contributed by atoms with Crippen molar-refractivity contribution in [3.8, 4) is 5.75 Å². The van der Waals surface area contributed by atoms with Crippen LogP contribution < -0.4 is 15.0 Å². The van der Waals surface area contributed by atoms with E-state index in [1.807, 2.05) is 42.6 Å². The molecular weight excluding hydrogens is 364 g/mol. The number of pyridine rings is 1. The number of nitrogens with one attached hydrogen (secondary N) is 1. The fourth-order valence-corrected chi connectivity index (χ4v) is 3.20. The minimum absolute atomic E-state index is 0.00166. The van der Waals surface area contributed by atoms with Gasteiger partial charge >= 0.3 is 0 Å². The van der Waals surface area contributed by atoms with Gasteiger partial charge in [-0.1, -0.05) is 39.0 Å². The molecule has 1 fully saturated rings. The van der Waals surface area contributed by atoms with E-state index in [2.05, 4.69) is 47.9 Å². The molecule has 3 rings (SSSR count). The Balaban J connectivity index is 1.42. The Morgan fingerprint density at radius 3 is 2.34 bits per heavy atom. The van der Waals surface area contributed by atoms with Crippen molar-refractivity contribution in [3.63, 3.8) is 0 Å². The SMILES string of the molecule is CN1CCN(c2ccc(CNC(=O)COc3ccc(C(C)(C)C)cc3)cn2)CC1. The molecule has 0 unspecified atom stereocenters. The third-order valence-electron chi connectivity index (χ3n) is 5.22. The average molecular weight is 397 g/mol. The Bertz CT molecular complexity index is 789. The fraction of sp³-hybridized carbons (Fsp3) is 0.478. The second-order valence-corrected chi connectivity index (χ2v) is 8.65. The highest BCUT2D eigenvalue weighted by atomic mass is 16.5. The zero-order chi connectivity index (χ0) is 20.9. The zero-order valence-electron chi connectivity index (χ0n) is 17.9. The number of likely N-dealkylation sites (N-methyl/N-ethyl adjacent to an activating group) is 1. The van der Waals surface area contributed by atoms with Crippen molar-refractivity contribution in [2.24, 2.45) is 0 Å². The highest BCUT2D eigenvalue weighted by molar-refractivity contribution is 5.77. The summed E-state index contributed by atoms with van der Waals surface area (Å²) in [7, 11) is 2.14. The second-order valence-electron chi connectivity index (χ2n) is 8.65. The molecule has 1 aliphatic heterocycles. The Hall–Kier alpha value is -2.60. The fourth-order valence-electron chi connectivity index (χ4n) is 3.20. The smallest absolute Gasteiger partial charge is 0.258 e. The molecule has 2 heterocycles. The van der Waals surface area contributed by atoms with Crippen molar-refractivity contribution in [2.75, 3.05) is 44.7 Å². The molecule has 1 aromatic carbocycles. The third-order valence-corrected chi connectivity index (χ3v) is 5.22. The number of amides is 1. The number of benzene rings is 1. The van der Waals surface area contributed by atoms with E-state index in [4.69, 9.17) is 4.74 Å². The minimum atomic E-state index is -0.145. The molecule has 1 aliphatic rings. The molecule has 0 saturated carbocycles. The molecule has 2 aromatic rings. The van der Waals surface area contributed by atoms with Crippen LogP contribution in [0.3, 0.4) is 0 Å². The topological polar surface area (TPSA) is 57.7 Å². The first-order chi connectivity index (χ1) is 13.8. The predicted octanol–water partition coefficient (Wildman–Crippen LogP) is 2.83. The van der Waals surface area contributed by atoms with Gasteiger partial charge in [-0.3, -0.25) is 4.79 Å². The van der Waals surface area contributed by atoms with Gasteiger partial charge in [-0.2, -0.15) is 0 Å². The van der Waals surface area contributed by atoms with Crippen LogP contribution in [0.4, 0.5) is 5.82 Å². The van der Waals surface area contributed by atoms with E-state index in [1.165, 1.54) is 5.56 Å². The first kappa shape index (κ1) is 21.1. The Morgan fingerprint density at radius 2 is 1.76 bits per heavy atom. The lowest BCUT2D eigenvalue weighted by atomic mass is 9.87. The van der Waals surface area contributed by atoms with Crippen LogP contribution in [0, 0.1) is 0 Å². The van der Waals surface area contributed by atoms with Crippen molar-refractivity contribution >= 4 is 11.7 Å². The van der Waals surface area contributed by atoms with Gasteiger partial charge in [0.1, 0.15) is 11.6 Å². The van der Waals surface area contributed by atoms with Crippen LogP contribution in [0.15, 0.2) is 42.6 Å². The highest BCUT2D eigenvalue weighted by Gasteiger charge is 2.15. The third kappa shape index (κ3) is 6.19. The van der Waals surface area contributed by atoms with Crippen LogP contribution in [-0.4, -0.2) is 55.6 Å². The number of piperazine rings is 1. The number of carbonyl (C=O) groups is 1. The summed E-state index contributed by atoms with van der Waals surface area (Å²) in [6, 6.07) is 12.0. The average Bonchev–Trinajstić information content (AvgIpc) is 2.71. The summed E-state index contributed by atoms with van der Waals surface area (Å²) < 4.78 is 5.59. The quantitative estimate of drug-likeness (QED) is 0.814. The molecule has 6 nitrogen and oxygen atoms in total. The number of nitrogens with zero attached hydrogens (tertiary/aromatic N) is 3. The van der Waals surface area contributed by atoms with E-state index >= 15 is 0 Å². The van der Waals surface area contributed by atoms with E-state index in [9.17, 15) is 4.79 Å². The lowest BCUT2D eigenvalue weighted by Crippen LogP contribution is -2.44. The minimum Gasteiger partial charge on any atom is -0.484 e. The van der Waals surface area contributed by atoms with E-state index < -0.39 is 0 Å². The van der Waals surface area contributed by atoms with Gasteiger partial charge in [0.05, 0.1) is 0 Å². The number of carbonyl (C=O) groups excluding carboxylic acids is 1. The molecule has 1 saturated heterocycles. The molecule has 1 amide bonds. The van der Waals surface area contributed by atoms with Crippen LogP contribution in [0.5, 0.6) is 5.75 Å². The van der Waals surface area contributed by atoms with E-state index in [0.29, 0.717) is 12.3 Å². The molecule has 29 heavy (non-hydrogen) atoms. The molecule has 0 atom stereocenters. The number of hydrogen-bond donors (Lipinski definition) is 1. The van der Waals surface area contributed by atoms with Gasteiger partial charge < -0.3 is 19.9 Å². The summed E-state index contributed by atoms with van der Waals surface area (Å²) in [5.41, 5.74) is 2.32. The summed E-state index contributed by atoms with van der Waals surface area (Å²) in [4.78, 5) is 21.3. The maximum atomic E-state index is 12.1. The molecule has 0 spiro atoms. The monoisotopic (exact) mass is 396 g/mol. The molecular formula is C23H32N4O2. The van der Waals surface area contributed by atoms with Crippen LogP contribution in [0.1, 0.15) is 31.9 Å². The van der Waals surface area contributed by atoms with Gasteiger partial charge in [-0.25, -0.2) is 4.98 Å². The second kappa shape index (κ2) is 9.27. The van der Waals surface area contributed by atoms with Gasteiger partial charge in [0, 0.05) is 38.9 Å². The molecule has 6 heteroatoms. The van der Waals surface area contributed by atoms with Gasteiger partial charge in [0.2, 0.25) is 0 Å². The number of rotatable bonds is 6. The Kier molecular flexibility index (Phi) is 6.75. The first-order valence-corrected chi connectivity index (χ1v) is 10.2. The zero-order valence-corrected chi connectivity index (χ0v) is 17.9. The number of ether oxygens (including phenoxy) is 1. The Labute approximate surface area is 173 Å². The maximum absolute atomic E-state index is 12.1. The largest absolute Gasteiger partial charge is 0.484 e. The Morgan fingerprint density at radius 1 is 1.07 bits per heavy atom. The summed E-state index contributed by atoms with van der Waals surface area (Å²) in [6.45, 7) is 11.1. The molecule has 156 valence electrons. The van der Waals surface area contributed by atoms with Crippen molar-refractivity contribution in [1.82, 2.24) is 15.2 Å². The van der Waals surface area contributed by atoms with Gasteiger partial charge in [0.25, 0.3) is 5.91 Å². The van der Waals surface area contributed by atoms with Crippen molar-refractivity contribution in [2.45, 2.75) is 32.7 Å². The summed E-state index contributed by atoms with van der Waals surface area (Å²) >= 11 is 0. The number of anilines is 1. The maximum Gasteiger partial charge on any atom is 0.258 e. The molecule has 1 N–H and O–H groups in total. The van der Waals surface area contributed by atoms with Crippen molar-refractivity contribution < 1.29 is 9.53 Å². The lowest BCUT2D eigenvalue weighted by Gasteiger charge is -2.33. The normalized spacial score (nSPS) is 15.2. The van der Waals surface area contributed by atoms with Gasteiger partial charge in [-0.05, 0) is 41.8 Å². The molecule has 0 radical (unpaired) electrons. The molecule has 1 aromatic heterocycles. The van der Waals surface area contributed by atoms with Crippen molar-refractivity contribution in [3.05, 3.63) is 53.7 Å². The molecule has 0 bridgehead atoms. The van der Waals surface area contributed by atoms with Crippen LogP contribution in [0.25, 0.3) is 0 Å². The summed E-state index contributed by atoms with van der Waals surface area (Å²) in [5, 5.41) is 2.89. The highest BCUT2D eigenvalue weighted by Crippen LogP contribution is 2.24. The first-order valence-electron chi connectivity index (χ1n) is 10.2. The van der Waals surface area contributed by atoms with Crippen LogP contribution in [0.2, 0.25) is 0 Å². The number of hydrogen-bond acceptors (Lipinski definition) is 5. The predicted molar refractivity (Wildman–Crippen MR) is 116 cm³/mol. The lowest BCUT2D eigenvalue weighted by molar-refractivity contribution is -0.123. The van der Waals surface area contributed by atoms with Gasteiger partial charge in [-0.15, -0.1) is 0 Å². The standard InChI is InChI=1S/C23H32N4O2/c1-23(2,3)19-6-8-20(9-7-19)29-17-22(28)25-16-18-5-10-21(24-15-18)27-13-11-26(4)12-14-27/h5-10,15H,11-14,16-17H2,1-4H3,(H,25,28). The van der Waals surface area contributed by atoms with Gasteiger partial charge in [0.15, 0.2) is 6.61 Å². The summed E-state index contributed by atoms with van der Waals surface area (Å²) in [5.74, 6) is 1.55.